The minimum absolute atomic E-state index is 0.0533. The molecule has 1 aromatic carbocycles. The number of rotatable bonds is 6. The second kappa shape index (κ2) is 12.8. The number of hydrogen-bond acceptors (Lipinski definition) is 8. The number of amides is 1. The Kier molecular flexibility index (Phi) is 8.44. The number of benzene rings is 1. The summed E-state index contributed by atoms with van der Waals surface area (Å²) in [6, 6.07) is 8.56. The minimum Gasteiger partial charge on any atom is -0.393 e. The highest BCUT2D eigenvalue weighted by Crippen LogP contribution is 2.41. The summed E-state index contributed by atoms with van der Waals surface area (Å²) in [6.45, 7) is 8.74. The van der Waals surface area contributed by atoms with Gasteiger partial charge in [0.15, 0.2) is 5.82 Å². The maximum absolute atomic E-state index is 15.9. The smallest absolute Gasteiger partial charge is 0.261 e. The average Bonchev–Trinajstić information content (AvgIpc) is 3.68. The van der Waals surface area contributed by atoms with Gasteiger partial charge in [-0.3, -0.25) is 14.8 Å². The normalized spacial score (nSPS) is 23.7. The Bertz CT molecular complexity index is 1840. The molecule has 260 valence electrons. The number of nitrogens with one attached hydrogen (secondary N) is 1. The van der Waals surface area contributed by atoms with Gasteiger partial charge >= 0.3 is 0 Å². The van der Waals surface area contributed by atoms with Gasteiger partial charge in [-0.15, -0.1) is 0 Å². The summed E-state index contributed by atoms with van der Waals surface area (Å²) in [4.78, 5) is 30.7. The lowest BCUT2D eigenvalue weighted by atomic mass is 9.72. The van der Waals surface area contributed by atoms with E-state index in [0.717, 1.165) is 55.5 Å². The quantitative estimate of drug-likeness (QED) is 0.296. The molecule has 3 aromatic heterocycles. The van der Waals surface area contributed by atoms with Crippen molar-refractivity contribution in [2.75, 3.05) is 56.5 Å². The van der Waals surface area contributed by atoms with Crippen LogP contribution in [0.15, 0.2) is 36.7 Å². The predicted molar refractivity (Wildman–Crippen MR) is 188 cm³/mol. The van der Waals surface area contributed by atoms with E-state index in [2.05, 4.69) is 53.8 Å². The number of nitrogens with zero attached hydrogens (tertiary/aromatic N) is 8. The SMILES string of the molecule is Cc1cc(C(=O)Nc2nc3ccc(N4CCC(N5CCC6(CC5)CN(C)C6)CC4)cc3n2C2CCC(O)CC2)c(F)c(-c2cnn(C)c2)n1. The molecule has 0 bridgehead atoms. The third-order valence-electron chi connectivity index (χ3n) is 11.7. The van der Waals surface area contributed by atoms with Gasteiger partial charge in [-0.25, -0.2) is 14.4 Å². The molecule has 4 fully saturated rings. The van der Waals surface area contributed by atoms with Crippen LogP contribution in [0.4, 0.5) is 16.0 Å². The molecule has 1 saturated carbocycles. The molecule has 49 heavy (non-hydrogen) atoms. The van der Waals surface area contributed by atoms with Crippen LogP contribution in [0, 0.1) is 18.2 Å². The molecule has 1 aliphatic carbocycles. The summed E-state index contributed by atoms with van der Waals surface area (Å²) in [5.41, 5.74) is 4.52. The van der Waals surface area contributed by atoms with Gasteiger partial charge in [0.2, 0.25) is 5.95 Å². The Morgan fingerprint density at radius 3 is 2.37 bits per heavy atom. The highest BCUT2D eigenvalue weighted by atomic mass is 19.1. The summed E-state index contributed by atoms with van der Waals surface area (Å²) in [6.07, 6.45) is 10.8. The third-order valence-corrected chi connectivity index (χ3v) is 11.7. The van der Waals surface area contributed by atoms with Crippen molar-refractivity contribution in [2.45, 2.75) is 76.5 Å². The molecule has 0 unspecified atom stereocenters. The Morgan fingerprint density at radius 1 is 0.959 bits per heavy atom. The van der Waals surface area contributed by atoms with Crippen molar-refractivity contribution in [1.82, 2.24) is 34.1 Å². The number of aliphatic hydroxyl groups excluding tert-OH is 1. The number of piperidine rings is 2. The molecule has 3 aliphatic heterocycles. The van der Waals surface area contributed by atoms with Crippen LogP contribution in [0.3, 0.4) is 0 Å². The molecule has 0 radical (unpaired) electrons. The maximum Gasteiger partial charge on any atom is 0.261 e. The molecule has 4 aliphatic rings. The Hall–Kier alpha value is -3.87. The number of aliphatic hydroxyl groups is 1. The summed E-state index contributed by atoms with van der Waals surface area (Å²) in [5.74, 6) is -0.865. The Labute approximate surface area is 287 Å². The minimum atomic E-state index is -0.690. The van der Waals surface area contributed by atoms with Crippen LogP contribution >= 0.6 is 0 Å². The van der Waals surface area contributed by atoms with E-state index in [0.29, 0.717) is 41.5 Å². The lowest BCUT2D eigenvalue weighted by Gasteiger charge is -2.54. The zero-order chi connectivity index (χ0) is 33.9. The van der Waals surface area contributed by atoms with Crippen LogP contribution in [-0.4, -0.2) is 104 Å². The van der Waals surface area contributed by atoms with Crippen LogP contribution in [0.1, 0.15) is 73.5 Å². The number of anilines is 2. The fourth-order valence-electron chi connectivity index (χ4n) is 9.05. The number of halogens is 1. The van der Waals surface area contributed by atoms with Crippen LogP contribution in [0.2, 0.25) is 0 Å². The molecule has 2 N–H and O–H groups in total. The number of imidazole rings is 1. The van der Waals surface area contributed by atoms with Gasteiger partial charge in [0.1, 0.15) is 5.69 Å². The molecule has 0 atom stereocenters. The van der Waals surface area contributed by atoms with E-state index in [1.807, 2.05) is 6.07 Å². The van der Waals surface area contributed by atoms with Crippen LogP contribution < -0.4 is 10.2 Å². The molecular weight excluding hydrogens is 621 g/mol. The van der Waals surface area contributed by atoms with E-state index >= 15 is 4.39 Å². The van der Waals surface area contributed by atoms with Crippen molar-refractivity contribution in [3.05, 3.63) is 53.7 Å². The highest BCUT2D eigenvalue weighted by molar-refractivity contribution is 6.05. The second-order valence-electron chi connectivity index (χ2n) is 15.2. The first-order chi connectivity index (χ1) is 23.6. The Balaban J connectivity index is 1.03. The van der Waals surface area contributed by atoms with Gasteiger partial charge in [0.05, 0.1) is 28.9 Å². The van der Waals surface area contributed by atoms with E-state index in [1.165, 1.54) is 45.1 Å². The maximum atomic E-state index is 15.9. The molecule has 11 nitrogen and oxygen atoms in total. The van der Waals surface area contributed by atoms with Gasteiger partial charge in [-0.2, -0.15) is 5.10 Å². The molecule has 12 heteroatoms. The molecular formula is C37H48FN9O2. The second-order valence-corrected chi connectivity index (χ2v) is 15.2. The number of pyridine rings is 1. The Morgan fingerprint density at radius 2 is 1.69 bits per heavy atom. The van der Waals surface area contributed by atoms with E-state index in [9.17, 15) is 9.90 Å². The fourth-order valence-corrected chi connectivity index (χ4v) is 9.05. The standard InChI is InChI=1S/C37H48FN9O2/c1-24-18-30(33(38)34(40-24)25-20-39-44(3)21-25)35(49)42-36-41-31-9-6-28(19-32(31)47(36)27-4-7-29(48)8-5-27)45-14-10-26(11-15-45)46-16-12-37(13-17-46)22-43(2)23-37/h6,9,18-21,26-27,29,48H,4-5,7-8,10-17,22-23H2,1-3H3,(H,41,42,49). The predicted octanol–water partition coefficient (Wildman–Crippen LogP) is 5.00. The lowest BCUT2D eigenvalue weighted by Crippen LogP contribution is -2.60. The number of likely N-dealkylation sites (tertiary alicyclic amines) is 2. The molecule has 8 rings (SSSR count). The van der Waals surface area contributed by atoms with Crippen LogP contribution in [0.25, 0.3) is 22.3 Å². The van der Waals surface area contributed by atoms with Gasteiger partial charge in [0.25, 0.3) is 5.91 Å². The summed E-state index contributed by atoms with van der Waals surface area (Å²) in [7, 11) is 3.99. The monoisotopic (exact) mass is 669 g/mol. The fraction of sp³-hybridized carbons (Fsp3) is 0.568. The summed E-state index contributed by atoms with van der Waals surface area (Å²) >= 11 is 0. The van der Waals surface area contributed by atoms with Gasteiger partial charge in [-0.05, 0) is 108 Å². The third kappa shape index (κ3) is 6.23. The van der Waals surface area contributed by atoms with Crippen molar-refractivity contribution in [2.24, 2.45) is 12.5 Å². The number of fused-ring (bicyclic) bond motifs is 1. The first-order valence-electron chi connectivity index (χ1n) is 18.0. The van der Waals surface area contributed by atoms with Crippen molar-refractivity contribution in [3.8, 4) is 11.3 Å². The van der Waals surface area contributed by atoms with Gasteiger partial charge in [-0.1, -0.05) is 0 Å². The number of carbonyl (C=O) groups is 1. The number of hydrogen-bond donors (Lipinski definition) is 2. The van der Waals surface area contributed by atoms with E-state index < -0.39 is 11.7 Å². The van der Waals surface area contributed by atoms with E-state index in [4.69, 9.17) is 4.98 Å². The average molecular weight is 670 g/mol. The largest absolute Gasteiger partial charge is 0.393 e. The van der Waals surface area contributed by atoms with E-state index in [1.54, 1.807) is 31.0 Å². The van der Waals surface area contributed by atoms with Crippen LogP contribution in [0.5, 0.6) is 0 Å². The first-order valence-corrected chi connectivity index (χ1v) is 18.0. The van der Waals surface area contributed by atoms with E-state index in [-0.39, 0.29) is 23.4 Å². The van der Waals surface area contributed by atoms with Gasteiger partial charge in [0, 0.05) is 68.5 Å². The number of carbonyl (C=O) groups excluding carboxylic acids is 1. The molecule has 6 heterocycles. The topological polar surface area (TPSA) is 108 Å². The van der Waals surface area contributed by atoms with Crippen LogP contribution in [-0.2, 0) is 7.05 Å². The first kappa shape index (κ1) is 32.3. The lowest BCUT2D eigenvalue weighted by molar-refractivity contribution is -0.0419. The number of aromatic nitrogens is 5. The van der Waals surface area contributed by atoms with Crippen molar-refractivity contribution in [1.29, 1.82) is 0 Å². The zero-order valence-electron chi connectivity index (χ0n) is 28.9. The zero-order valence-corrected chi connectivity index (χ0v) is 28.9. The highest BCUT2D eigenvalue weighted by Gasteiger charge is 2.44. The molecule has 3 saturated heterocycles. The molecule has 1 spiro atoms. The van der Waals surface area contributed by atoms with Crippen molar-refractivity contribution in [3.63, 3.8) is 0 Å². The summed E-state index contributed by atoms with van der Waals surface area (Å²) < 4.78 is 19.5. The van der Waals surface area contributed by atoms with Gasteiger partial charge < -0.3 is 24.4 Å². The summed E-state index contributed by atoms with van der Waals surface area (Å²) in [5, 5.41) is 17.4. The molecule has 4 aromatic rings. The number of aryl methyl sites for hydroxylation is 2. The van der Waals surface area contributed by atoms with Crippen molar-refractivity contribution < 1.29 is 14.3 Å². The molecule has 1 amide bonds. The van der Waals surface area contributed by atoms with Crippen molar-refractivity contribution >= 4 is 28.6 Å².